The lowest BCUT2D eigenvalue weighted by Gasteiger charge is -2.37. The summed E-state index contributed by atoms with van der Waals surface area (Å²) in [5.41, 5.74) is 0. The molecule has 0 radical (unpaired) electrons. The Labute approximate surface area is 117 Å². The molecular weight excluding hydrogens is 264 g/mol. The summed E-state index contributed by atoms with van der Waals surface area (Å²) in [6.07, 6.45) is 0.832. The molecule has 0 saturated carbocycles. The van der Waals surface area contributed by atoms with Crippen molar-refractivity contribution in [2.45, 2.75) is 26.3 Å². The average molecular weight is 292 g/mol. The quantitative estimate of drug-likeness (QED) is 0.660. The van der Waals surface area contributed by atoms with E-state index >= 15 is 0 Å². The molecule has 0 aromatic heterocycles. The number of nitrogens with one attached hydrogen (secondary N) is 1. The average Bonchev–Trinajstić information content (AvgIpc) is 2.39. The molecule has 1 saturated heterocycles. The summed E-state index contributed by atoms with van der Waals surface area (Å²) >= 11 is 0. The van der Waals surface area contributed by atoms with Crippen molar-refractivity contribution < 1.29 is 8.42 Å². The third kappa shape index (κ3) is 4.68. The van der Waals surface area contributed by atoms with Crippen LogP contribution in [0, 0.1) is 0 Å². The molecule has 114 valence electrons. The van der Waals surface area contributed by atoms with Crippen molar-refractivity contribution in [3.8, 4) is 0 Å². The Hall–Kier alpha value is -0.210. The second kappa shape index (κ2) is 7.54. The van der Waals surface area contributed by atoms with Gasteiger partial charge in [0, 0.05) is 45.8 Å². The molecule has 0 aliphatic carbocycles. The third-order valence-electron chi connectivity index (χ3n) is 3.62. The molecular formula is C12H28N4O2S. The second-order valence-electron chi connectivity index (χ2n) is 5.32. The van der Waals surface area contributed by atoms with Crippen LogP contribution in [-0.4, -0.2) is 81.3 Å². The van der Waals surface area contributed by atoms with Gasteiger partial charge in [0.1, 0.15) is 0 Å². The smallest absolute Gasteiger partial charge is 0.281 e. The second-order valence-corrected chi connectivity index (χ2v) is 7.35. The van der Waals surface area contributed by atoms with Crippen molar-refractivity contribution in [1.82, 2.24) is 18.8 Å². The topological polar surface area (TPSA) is 55.9 Å². The van der Waals surface area contributed by atoms with Gasteiger partial charge in [-0.1, -0.05) is 0 Å². The van der Waals surface area contributed by atoms with Gasteiger partial charge in [0.2, 0.25) is 0 Å². The van der Waals surface area contributed by atoms with Crippen LogP contribution in [0.25, 0.3) is 0 Å². The molecule has 1 fully saturated rings. The van der Waals surface area contributed by atoms with Gasteiger partial charge in [-0.3, -0.25) is 4.90 Å². The van der Waals surface area contributed by atoms with Crippen LogP contribution in [0.2, 0.25) is 0 Å². The fourth-order valence-electron chi connectivity index (χ4n) is 2.24. The Morgan fingerprint density at radius 1 is 1.21 bits per heavy atom. The zero-order valence-electron chi connectivity index (χ0n) is 12.6. The van der Waals surface area contributed by atoms with Crippen molar-refractivity contribution in [3.05, 3.63) is 0 Å². The van der Waals surface area contributed by atoms with Crippen LogP contribution < -0.4 is 5.32 Å². The van der Waals surface area contributed by atoms with E-state index in [2.05, 4.69) is 24.1 Å². The first kappa shape index (κ1) is 16.8. The molecule has 19 heavy (non-hydrogen) atoms. The molecule has 0 spiro atoms. The molecule has 1 rings (SSSR count). The van der Waals surface area contributed by atoms with E-state index in [9.17, 15) is 8.42 Å². The van der Waals surface area contributed by atoms with E-state index in [-0.39, 0.29) is 0 Å². The van der Waals surface area contributed by atoms with Crippen LogP contribution in [0.5, 0.6) is 0 Å². The van der Waals surface area contributed by atoms with E-state index in [1.54, 1.807) is 11.4 Å². The first-order chi connectivity index (χ1) is 8.89. The highest BCUT2D eigenvalue weighted by Crippen LogP contribution is 2.12. The van der Waals surface area contributed by atoms with Gasteiger partial charge >= 0.3 is 0 Å². The molecule has 1 aliphatic rings. The Balaban J connectivity index is 2.50. The molecule has 0 amide bonds. The first-order valence-electron chi connectivity index (χ1n) is 6.99. The predicted octanol–water partition coefficient (Wildman–Crippen LogP) is -0.201. The summed E-state index contributed by atoms with van der Waals surface area (Å²) in [7, 11) is 0.262. The Bertz CT molecular complexity index is 351. The van der Waals surface area contributed by atoms with Gasteiger partial charge in [-0.2, -0.15) is 17.0 Å². The SMILES string of the molecule is CNCCCN(C)S(=O)(=O)N1CCN(C(C)C)CC1. The van der Waals surface area contributed by atoms with E-state index in [4.69, 9.17) is 0 Å². The Morgan fingerprint density at radius 2 is 1.79 bits per heavy atom. The molecule has 0 aromatic carbocycles. The Kier molecular flexibility index (Phi) is 6.68. The minimum atomic E-state index is -3.28. The maximum Gasteiger partial charge on any atom is 0.281 e. The van der Waals surface area contributed by atoms with Crippen LogP contribution in [-0.2, 0) is 10.2 Å². The summed E-state index contributed by atoms with van der Waals surface area (Å²) < 4.78 is 27.8. The number of hydrogen-bond donors (Lipinski definition) is 1. The number of piperazine rings is 1. The highest BCUT2D eigenvalue weighted by atomic mass is 32.2. The number of hydrogen-bond acceptors (Lipinski definition) is 4. The van der Waals surface area contributed by atoms with Crippen molar-refractivity contribution in [2.75, 3.05) is 53.4 Å². The minimum absolute atomic E-state index is 0.484. The largest absolute Gasteiger partial charge is 0.320 e. The first-order valence-corrected chi connectivity index (χ1v) is 8.39. The molecule has 0 aromatic rings. The number of nitrogens with zero attached hydrogens (tertiary/aromatic N) is 3. The van der Waals surface area contributed by atoms with E-state index in [0.717, 1.165) is 26.1 Å². The molecule has 7 heteroatoms. The minimum Gasteiger partial charge on any atom is -0.320 e. The highest BCUT2D eigenvalue weighted by molar-refractivity contribution is 7.86. The summed E-state index contributed by atoms with van der Waals surface area (Å²) in [6.45, 7) is 8.52. The molecule has 0 unspecified atom stereocenters. The summed E-state index contributed by atoms with van der Waals surface area (Å²) in [5.74, 6) is 0. The lowest BCUT2D eigenvalue weighted by atomic mass is 10.3. The molecule has 0 bridgehead atoms. The van der Waals surface area contributed by atoms with Crippen LogP contribution in [0.1, 0.15) is 20.3 Å². The van der Waals surface area contributed by atoms with Gasteiger partial charge < -0.3 is 5.32 Å². The zero-order chi connectivity index (χ0) is 14.5. The van der Waals surface area contributed by atoms with E-state index in [1.165, 1.54) is 4.31 Å². The van der Waals surface area contributed by atoms with Gasteiger partial charge in [0.15, 0.2) is 0 Å². The zero-order valence-corrected chi connectivity index (χ0v) is 13.4. The van der Waals surface area contributed by atoms with Crippen LogP contribution in [0.4, 0.5) is 0 Å². The molecule has 0 atom stereocenters. The van der Waals surface area contributed by atoms with Gasteiger partial charge in [-0.15, -0.1) is 0 Å². The fraction of sp³-hybridized carbons (Fsp3) is 1.00. The molecule has 1 N–H and O–H groups in total. The maximum atomic E-state index is 12.4. The van der Waals surface area contributed by atoms with Gasteiger partial charge in [-0.25, -0.2) is 0 Å². The third-order valence-corrected chi connectivity index (χ3v) is 5.61. The normalized spacial score (nSPS) is 19.5. The number of rotatable bonds is 7. The molecule has 1 heterocycles. The molecule has 1 aliphatic heterocycles. The van der Waals surface area contributed by atoms with Gasteiger partial charge in [0.05, 0.1) is 0 Å². The monoisotopic (exact) mass is 292 g/mol. The summed E-state index contributed by atoms with van der Waals surface area (Å²) in [6, 6.07) is 0.484. The summed E-state index contributed by atoms with van der Waals surface area (Å²) in [5, 5.41) is 3.03. The van der Waals surface area contributed by atoms with Crippen molar-refractivity contribution in [1.29, 1.82) is 0 Å². The van der Waals surface area contributed by atoms with E-state index < -0.39 is 10.2 Å². The van der Waals surface area contributed by atoms with Crippen molar-refractivity contribution in [2.24, 2.45) is 0 Å². The van der Waals surface area contributed by atoms with Crippen LogP contribution in [0.15, 0.2) is 0 Å². The van der Waals surface area contributed by atoms with E-state index in [0.29, 0.717) is 25.7 Å². The van der Waals surface area contributed by atoms with E-state index in [1.807, 2.05) is 7.05 Å². The highest BCUT2D eigenvalue weighted by Gasteiger charge is 2.30. The summed E-state index contributed by atoms with van der Waals surface area (Å²) in [4.78, 5) is 2.31. The maximum absolute atomic E-state index is 12.4. The lowest BCUT2D eigenvalue weighted by molar-refractivity contribution is 0.150. The predicted molar refractivity (Wildman–Crippen MR) is 78.4 cm³/mol. The fourth-order valence-corrected chi connectivity index (χ4v) is 3.62. The standard InChI is InChI=1S/C12H28N4O2S/c1-12(2)15-8-10-16(11-9-15)19(17,18)14(4)7-5-6-13-3/h12-13H,5-11H2,1-4H3. The van der Waals surface area contributed by atoms with Crippen LogP contribution in [0.3, 0.4) is 0 Å². The Morgan fingerprint density at radius 3 is 2.26 bits per heavy atom. The van der Waals surface area contributed by atoms with Crippen molar-refractivity contribution in [3.63, 3.8) is 0 Å². The van der Waals surface area contributed by atoms with Gasteiger partial charge in [-0.05, 0) is 33.9 Å². The van der Waals surface area contributed by atoms with Crippen LogP contribution >= 0.6 is 0 Å². The lowest BCUT2D eigenvalue weighted by Crippen LogP contribution is -2.53. The molecule has 6 nitrogen and oxygen atoms in total. The van der Waals surface area contributed by atoms with Gasteiger partial charge in [0.25, 0.3) is 10.2 Å². The van der Waals surface area contributed by atoms with Crippen molar-refractivity contribution >= 4 is 10.2 Å².